The second kappa shape index (κ2) is 10.0. The van der Waals surface area contributed by atoms with Gasteiger partial charge in [-0.3, -0.25) is 4.79 Å². The SMILES string of the molecule is CC[C@@H]1OCC[C@H]2OC(N)=N[C@](CF)(c3cc(NC(=O)c4cnc(OC(F)F)cn4)ccc3F)[C@@H]12. The van der Waals surface area contributed by atoms with E-state index in [1.807, 2.05) is 6.92 Å². The van der Waals surface area contributed by atoms with E-state index in [1.54, 1.807) is 0 Å². The summed E-state index contributed by atoms with van der Waals surface area (Å²) >= 11 is 0. The number of fused-ring (bicyclic) bond motifs is 1. The van der Waals surface area contributed by atoms with Gasteiger partial charge in [0.05, 0.1) is 31.0 Å². The number of aromatic nitrogens is 2. The smallest absolute Gasteiger partial charge is 0.388 e. The zero-order valence-electron chi connectivity index (χ0n) is 18.6. The number of amides is 1. The molecule has 4 rings (SSSR count). The van der Waals surface area contributed by atoms with E-state index < -0.39 is 54.6 Å². The molecule has 0 bridgehead atoms. The number of nitrogens with one attached hydrogen (secondary N) is 1. The van der Waals surface area contributed by atoms with E-state index >= 15 is 4.39 Å². The number of benzene rings is 1. The van der Waals surface area contributed by atoms with Crippen molar-refractivity contribution in [2.45, 2.75) is 44.1 Å². The van der Waals surface area contributed by atoms with Crippen LogP contribution >= 0.6 is 0 Å². The maximum atomic E-state index is 15.1. The average molecular weight is 497 g/mol. The Kier molecular flexibility index (Phi) is 7.05. The lowest BCUT2D eigenvalue weighted by molar-refractivity contribution is -0.129. The molecule has 0 radical (unpaired) electrons. The Hall–Kier alpha value is -3.48. The number of halogens is 4. The number of alkyl halides is 3. The fourth-order valence-electron chi connectivity index (χ4n) is 4.58. The number of carbonyl (C=O) groups excluding carboxylic acids is 1. The lowest BCUT2D eigenvalue weighted by atomic mass is 9.70. The summed E-state index contributed by atoms with van der Waals surface area (Å²) in [5.74, 6) is -2.62. The van der Waals surface area contributed by atoms with Crippen molar-refractivity contribution < 1.29 is 36.6 Å². The first-order chi connectivity index (χ1) is 16.8. The van der Waals surface area contributed by atoms with Gasteiger partial charge >= 0.3 is 6.61 Å². The van der Waals surface area contributed by atoms with Crippen LogP contribution in [0.25, 0.3) is 0 Å². The molecular weight excluding hydrogens is 474 g/mol. The monoisotopic (exact) mass is 497 g/mol. The second-order valence-electron chi connectivity index (χ2n) is 8.06. The van der Waals surface area contributed by atoms with Gasteiger partial charge in [0, 0.05) is 17.7 Å². The van der Waals surface area contributed by atoms with Gasteiger partial charge in [0.1, 0.15) is 29.8 Å². The number of rotatable bonds is 7. The summed E-state index contributed by atoms with van der Waals surface area (Å²) in [7, 11) is 0. The fraction of sp³-hybridized carbons (Fsp3) is 0.455. The van der Waals surface area contributed by atoms with Gasteiger partial charge in [0.2, 0.25) is 5.88 Å². The standard InChI is InChI=1S/C22H23F4N5O4/c1-2-15-18-16(5-6-33-15)34-21(27)31-22(18,10-23)12-7-11(3-4-13(12)24)30-19(32)14-8-29-17(9-28-14)35-20(25)26/h3-4,7-9,15-16,18,20H,2,5-6,10H2,1H3,(H2,27,31)(H,30,32)/t15-,16+,18-,22+/m0/s1. The van der Waals surface area contributed by atoms with Crippen LogP contribution in [-0.4, -0.2) is 54.0 Å². The van der Waals surface area contributed by atoms with Gasteiger partial charge in [-0.25, -0.2) is 23.7 Å². The highest BCUT2D eigenvalue weighted by atomic mass is 19.3. The quantitative estimate of drug-likeness (QED) is 0.564. The van der Waals surface area contributed by atoms with Crippen LogP contribution in [0.2, 0.25) is 0 Å². The molecule has 4 atom stereocenters. The summed E-state index contributed by atoms with van der Waals surface area (Å²) in [6.45, 7) is -1.92. The predicted octanol–water partition coefficient (Wildman–Crippen LogP) is 3.16. The van der Waals surface area contributed by atoms with Crippen LogP contribution in [-0.2, 0) is 15.0 Å². The number of nitrogens with two attached hydrogens (primary N) is 1. The van der Waals surface area contributed by atoms with Gasteiger partial charge in [-0.2, -0.15) is 8.78 Å². The number of aliphatic imine (C=N–C) groups is 1. The molecule has 9 nitrogen and oxygen atoms in total. The minimum atomic E-state index is -3.09. The molecular formula is C22H23F4N5O4. The lowest BCUT2D eigenvalue weighted by Crippen LogP contribution is -2.58. The molecule has 3 N–H and O–H groups in total. The predicted molar refractivity (Wildman–Crippen MR) is 115 cm³/mol. The van der Waals surface area contributed by atoms with E-state index in [4.69, 9.17) is 15.2 Å². The maximum Gasteiger partial charge on any atom is 0.388 e. The van der Waals surface area contributed by atoms with E-state index in [2.05, 4.69) is 25.0 Å². The molecule has 2 aliphatic heterocycles. The molecule has 0 saturated carbocycles. The topological polar surface area (TPSA) is 121 Å². The van der Waals surface area contributed by atoms with Crippen LogP contribution in [0.1, 0.15) is 35.8 Å². The number of anilines is 1. The van der Waals surface area contributed by atoms with Crippen molar-refractivity contribution >= 4 is 17.6 Å². The molecule has 1 aromatic heterocycles. The average Bonchev–Trinajstić information content (AvgIpc) is 2.84. The van der Waals surface area contributed by atoms with Crippen LogP contribution < -0.4 is 15.8 Å². The zero-order chi connectivity index (χ0) is 25.2. The van der Waals surface area contributed by atoms with Gasteiger partial charge in [-0.05, 0) is 24.6 Å². The second-order valence-corrected chi connectivity index (χ2v) is 8.06. The van der Waals surface area contributed by atoms with Crippen molar-refractivity contribution in [3.05, 3.63) is 47.7 Å². The summed E-state index contributed by atoms with van der Waals surface area (Å²) in [5, 5.41) is 2.51. The van der Waals surface area contributed by atoms with Crippen LogP contribution in [0.3, 0.4) is 0 Å². The summed E-state index contributed by atoms with van der Waals surface area (Å²) in [6, 6.07) is 3.38. The highest BCUT2D eigenvalue weighted by Crippen LogP contribution is 2.47. The molecule has 2 aromatic rings. The van der Waals surface area contributed by atoms with Crippen LogP contribution in [0.15, 0.2) is 35.6 Å². The lowest BCUT2D eigenvalue weighted by Gasteiger charge is -2.49. The molecule has 1 amide bonds. The normalized spacial score (nSPS) is 25.9. The number of hydrogen-bond acceptors (Lipinski definition) is 8. The Balaban J connectivity index is 1.66. The highest BCUT2D eigenvalue weighted by molar-refractivity contribution is 6.02. The van der Waals surface area contributed by atoms with E-state index in [0.717, 1.165) is 18.5 Å². The van der Waals surface area contributed by atoms with E-state index in [1.165, 1.54) is 12.1 Å². The Morgan fingerprint density at radius 1 is 1.34 bits per heavy atom. The minimum Gasteiger partial charge on any atom is -0.462 e. The minimum absolute atomic E-state index is 0.116. The van der Waals surface area contributed by atoms with Gasteiger partial charge in [-0.15, -0.1) is 0 Å². The van der Waals surface area contributed by atoms with Crippen LogP contribution in [0.5, 0.6) is 5.88 Å². The Morgan fingerprint density at radius 3 is 2.80 bits per heavy atom. The first-order valence-corrected chi connectivity index (χ1v) is 10.8. The molecule has 1 aromatic carbocycles. The summed E-state index contributed by atoms with van der Waals surface area (Å²) < 4.78 is 70.1. The fourth-order valence-corrected chi connectivity index (χ4v) is 4.58. The van der Waals surface area contributed by atoms with E-state index in [0.29, 0.717) is 19.4 Å². The Morgan fingerprint density at radius 2 is 2.14 bits per heavy atom. The molecule has 3 heterocycles. The first kappa shape index (κ1) is 24.6. The van der Waals surface area contributed by atoms with Crippen LogP contribution in [0.4, 0.5) is 23.2 Å². The van der Waals surface area contributed by atoms with Crippen molar-refractivity contribution in [3.8, 4) is 5.88 Å². The van der Waals surface area contributed by atoms with Gasteiger partial charge in [0.25, 0.3) is 11.9 Å². The van der Waals surface area contributed by atoms with Gasteiger partial charge < -0.3 is 25.3 Å². The van der Waals surface area contributed by atoms with Gasteiger partial charge in [0.15, 0.2) is 0 Å². The molecule has 0 unspecified atom stereocenters. The first-order valence-electron chi connectivity index (χ1n) is 10.8. The molecule has 35 heavy (non-hydrogen) atoms. The maximum absolute atomic E-state index is 15.1. The van der Waals surface area contributed by atoms with E-state index in [9.17, 15) is 18.0 Å². The molecule has 0 aliphatic carbocycles. The summed E-state index contributed by atoms with van der Waals surface area (Å²) in [4.78, 5) is 24.1. The number of hydrogen-bond donors (Lipinski definition) is 2. The zero-order valence-corrected chi connectivity index (χ0v) is 18.6. The van der Waals surface area contributed by atoms with Crippen molar-refractivity contribution in [3.63, 3.8) is 0 Å². The molecule has 0 spiro atoms. The highest BCUT2D eigenvalue weighted by Gasteiger charge is 2.55. The third-order valence-electron chi connectivity index (χ3n) is 6.04. The van der Waals surface area contributed by atoms with Crippen LogP contribution in [0, 0.1) is 11.7 Å². The third-order valence-corrected chi connectivity index (χ3v) is 6.04. The summed E-state index contributed by atoms with van der Waals surface area (Å²) in [5.41, 5.74) is 3.93. The van der Waals surface area contributed by atoms with Crippen molar-refractivity contribution in [2.75, 3.05) is 18.6 Å². The third kappa shape index (κ3) is 4.85. The molecule has 2 aliphatic rings. The number of ether oxygens (including phenoxy) is 3. The largest absolute Gasteiger partial charge is 0.462 e. The van der Waals surface area contributed by atoms with Gasteiger partial charge in [-0.1, -0.05) is 6.92 Å². The van der Waals surface area contributed by atoms with Crippen molar-refractivity contribution in [2.24, 2.45) is 16.6 Å². The number of amidine groups is 1. The molecule has 1 saturated heterocycles. The number of carbonyl (C=O) groups is 1. The van der Waals surface area contributed by atoms with Crippen molar-refractivity contribution in [1.29, 1.82) is 0 Å². The molecule has 13 heteroatoms. The molecule has 1 fully saturated rings. The Labute approximate surface area is 197 Å². The Bertz CT molecular complexity index is 1100. The number of nitrogens with zero attached hydrogens (tertiary/aromatic N) is 3. The van der Waals surface area contributed by atoms with E-state index in [-0.39, 0.29) is 23.0 Å². The summed E-state index contributed by atoms with van der Waals surface area (Å²) in [6.07, 6.45) is 1.78. The molecule has 188 valence electrons. The van der Waals surface area contributed by atoms with Crippen molar-refractivity contribution in [1.82, 2.24) is 9.97 Å².